The van der Waals surface area contributed by atoms with Gasteiger partial charge in [0.2, 0.25) is 0 Å². The number of phenols is 1. The second-order valence-corrected chi connectivity index (χ2v) is 8.43. The van der Waals surface area contributed by atoms with Crippen molar-refractivity contribution in [3.05, 3.63) is 51.2 Å². The van der Waals surface area contributed by atoms with Crippen molar-refractivity contribution in [1.29, 1.82) is 0 Å². The topological polar surface area (TPSA) is 58.7 Å². The van der Waals surface area contributed by atoms with E-state index in [9.17, 15) is 5.11 Å². The normalized spacial score (nSPS) is 24.5. The van der Waals surface area contributed by atoms with Crippen molar-refractivity contribution in [3.63, 3.8) is 0 Å². The Labute approximate surface area is 159 Å². The Bertz CT molecular complexity index is 739. The molecule has 26 heavy (non-hydrogen) atoms. The second-order valence-electron chi connectivity index (χ2n) is 7.65. The highest BCUT2D eigenvalue weighted by molar-refractivity contribution is 7.07. The number of rotatable bonds is 4. The fourth-order valence-electron chi connectivity index (χ4n) is 4.40. The lowest BCUT2D eigenvalue weighted by atomic mass is 9.83. The summed E-state index contributed by atoms with van der Waals surface area (Å²) in [5.74, 6) is 0.972. The molecule has 0 saturated carbocycles. The number of benzene rings is 1. The molecule has 5 heteroatoms. The van der Waals surface area contributed by atoms with Crippen LogP contribution >= 0.6 is 11.3 Å². The average Bonchev–Trinajstić information content (AvgIpc) is 3.17. The maximum absolute atomic E-state index is 10.6. The van der Waals surface area contributed by atoms with E-state index in [0.717, 1.165) is 55.6 Å². The Morgan fingerprint density at radius 2 is 2.08 bits per heavy atom. The smallest absolute Gasteiger partial charge is 0.122 e. The van der Waals surface area contributed by atoms with Crippen molar-refractivity contribution >= 4 is 11.3 Å². The number of thiophene rings is 1. The van der Waals surface area contributed by atoms with Gasteiger partial charge >= 0.3 is 0 Å². The molecule has 1 fully saturated rings. The molecule has 4 nitrogen and oxygen atoms in total. The molecular formula is C21H28N2O2S. The molecule has 2 aromatic rings. The molecule has 0 aliphatic carbocycles. The number of hydrogen-bond acceptors (Lipinski definition) is 5. The van der Waals surface area contributed by atoms with E-state index in [4.69, 9.17) is 10.5 Å². The molecule has 1 aromatic carbocycles. The van der Waals surface area contributed by atoms with Gasteiger partial charge in [0.25, 0.3) is 0 Å². The molecule has 140 valence electrons. The van der Waals surface area contributed by atoms with Crippen LogP contribution in [-0.2, 0) is 17.7 Å². The third-order valence-corrected chi connectivity index (χ3v) is 6.70. The van der Waals surface area contributed by atoms with Crippen LogP contribution in [0, 0.1) is 12.8 Å². The molecule has 1 saturated heterocycles. The highest BCUT2D eigenvalue weighted by Crippen LogP contribution is 2.40. The van der Waals surface area contributed by atoms with Crippen LogP contribution in [0.15, 0.2) is 29.0 Å². The van der Waals surface area contributed by atoms with Crippen molar-refractivity contribution in [2.75, 3.05) is 19.6 Å². The van der Waals surface area contributed by atoms with Crippen molar-refractivity contribution < 1.29 is 9.84 Å². The van der Waals surface area contributed by atoms with E-state index >= 15 is 0 Å². The lowest BCUT2D eigenvalue weighted by molar-refractivity contribution is -0.0651. The van der Waals surface area contributed by atoms with Gasteiger partial charge in [-0.05, 0) is 72.3 Å². The van der Waals surface area contributed by atoms with Crippen molar-refractivity contribution in [1.82, 2.24) is 4.90 Å². The first-order valence-electron chi connectivity index (χ1n) is 9.56. The highest BCUT2D eigenvalue weighted by Gasteiger charge is 2.35. The lowest BCUT2D eigenvalue weighted by Crippen LogP contribution is -2.41. The van der Waals surface area contributed by atoms with E-state index < -0.39 is 0 Å². The molecule has 2 aliphatic rings. The number of nitrogens with zero attached hydrogens (tertiary/aromatic N) is 1. The molecular weight excluding hydrogens is 344 g/mol. The summed E-state index contributed by atoms with van der Waals surface area (Å²) in [5.41, 5.74) is 10.5. The van der Waals surface area contributed by atoms with E-state index in [1.165, 1.54) is 5.56 Å². The van der Waals surface area contributed by atoms with Crippen molar-refractivity contribution in [3.8, 4) is 5.75 Å². The maximum Gasteiger partial charge on any atom is 0.122 e. The summed E-state index contributed by atoms with van der Waals surface area (Å²) in [6.45, 7) is 5.69. The van der Waals surface area contributed by atoms with Crippen molar-refractivity contribution in [2.45, 2.75) is 44.9 Å². The number of ether oxygens (including phenoxy) is 1. The first-order chi connectivity index (χ1) is 12.7. The fourth-order valence-corrected chi connectivity index (χ4v) is 5.06. The molecule has 0 spiro atoms. The molecule has 3 N–H and O–H groups in total. The van der Waals surface area contributed by atoms with Crippen LogP contribution in [0.3, 0.4) is 0 Å². The van der Waals surface area contributed by atoms with E-state index in [0.29, 0.717) is 18.2 Å². The number of nitrogens with two attached hydrogens (primary N) is 1. The van der Waals surface area contributed by atoms with Crippen LogP contribution in [0.25, 0.3) is 0 Å². The van der Waals surface area contributed by atoms with Crippen LogP contribution in [-0.4, -0.2) is 35.7 Å². The summed E-state index contributed by atoms with van der Waals surface area (Å²) in [4.78, 5) is 2.54. The third-order valence-electron chi connectivity index (χ3n) is 5.97. The lowest BCUT2D eigenvalue weighted by Gasteiger charge is -2.40. The average molecular weight is 373 g/mol. The van der Waals surface area contributed by atoms with Gasteiger partial charge in [0, 0.05) is 25.1 Å². The summed E-state index contributed by atoms with van der Waals surface area (Å²) in [6, 6.07) is 6.25. The van der Waals surface area contributed by atoms with Gasteiger partial charge in [0.1, 0.15) is 5.75 Å². The van der Waals surface area contributed by atoms with Crippen molar-refractivity contribution in [2.24, 2.45) is 11.7 Å². The standard InChI is InChI=1S/C21H28N2O2S/c1-14-2-3-17-18(21(14)24)10-19(25-20(17)11-22)16-4-7-23(8-5-16)12-15-6-9-26-13-15/h2-3,6,9,13,16,19-20,24H,4-5,7-8,10-12,22H2,1H3/t19-,20-/m0/s1. The predicted octanol–water partition coefficient (Wildman–Crippen LogP) is 3.62. The number of hydrogen-bond donors (Lipinski definition) is 2. The van der Waals surface area contributed by atoms with Crippen LogP contribution in [0.2, 0.25) is 0 Å². The maximum atomic E-state index is 10.6. The van der Waals surface area contributed by atoms with Gasteiger partial charge in [0.15, 0.2) is 0 Å². The van der Waals surface area contributed by atoms with Crippen LogP contribution in [0.1, 0.15) is 41.2 Å². The summed E-state index contributed by atoms with van der Waals surface area (Å²) in [7, 11) is 0. The number of aryl methyl sites for hydroxylation is 1. The summed E-state index contributed by atoms with van der Waals surface area (Å²) in [5, 5.41) is 14.9. The number of aromatic hydroxyl groups is 1. The summed E-state index contributed by atoms with van der Waals surface area (Å²) >= 11 is 1.77. The van der Waals surface area contributed by atoms with E-state index in [1.807, 2.05) is 13.0 Å². The molecule has 0 unspecified atom stereocenters. The van der Waals surface area contributed by atoms with Gasteiger partial charge in [0.05, 0.1) is 12.2 Å². The molecule has 2 atom stereocenters. The zero-order chi connectivity index (χ0) is 18.1. The SMILES string of the molecule is Cc1ccc2c(c1O)C[C@@H](C1CCN(Cc3ccsc3)CC1)O[C@H]2CN. The van der Waals surface area contributed by atoms with Crippen LogP contribution < -0.4 is 5.73 Å². The molecule has 0 amide bonds. The minimum Gasteiger partial charge on any atom is -0.507 e. The Balaban J connectivity index is 1.43. The quantitative estimate of drug-likeness (QED) is 0.861. The van der Waals surface area contributed by atoms with Gasteiger partial charge in [-0.2, -0.15) is 11.3 Å². The van der Waals surface area contributed by atoms with E-state index in [1.54, 1.807) is 11.3 Å². The molecule has 0 radical (unpaired) electrons. The molecule has 1 aromatic heterocycles. The largest absolute Gasteiger partial charge is 0.507 e. The zero-order valence-corrected chi connectivity index (χ0v) is 16.2. The predicted molar refractivity (Wildman–Crippen MR) is 106 cm³/mol. The van der Waals surface area contributed by atoms with Gasteiger partial charge in [-0.1, -0.05) is 12.1 Å². The first-order valence-corrected chi connectivity index (χ1v) is 10.5. The van der Waals surface area contributed by atoms with Gasteiger partial charge in [-0.15, -0.1) is 0 Å². The molecule has 3 heterocycles. The Morgan fingerprint density at radius 1 is 1.27 bits per heavy atom. The summed E-state index contributed by atoms with van der Waals surface area (Å²) < 4.78 is 6.38. The number of fused-ring (bicyclic) bond motifs is 1. The Morgan fingerprint density at radius 3 is 2.77 bits per heavy atom. The number of piperidine rings is 1. The monoisotopic (exact) mass is 372 g/mol. The van der Waals surface area contributed by atoms with Crippen LogP contribution in [0.4, 0.5) is 0 Å². The second kappa shape index (κ2) is 7.69. The minimum absolute atomic E-state index is 0.0981. The van der Waals surface area contributed by atoms with E-state index in [-0.39, 0.29) is 12.2 Å². The Hall–Kier alpha value is -1.40. The van der Waals surface area contributed by atoms with Gasteiger partial charge in [-0.3, -0.25) is 4.90 Å². The Kier molecular flexibility index (Phi) is 5.32. The third kappa shape index (κ3) is 3.54. The van der Waals surface area contributed by atoms with Gasteiger partial charge < -0.3 is 15.6 Å². The van der Waals surface area contributed by atoms with Crippen LogP contribution in [0.5, 0.6) is 5.75 Å². The summed E-state index contributed by atoms with van der Waals surface area (Å²) in [6.07, 6.45) is 3.16. The zero-order valence-electron chi connectivity index (χ0n) is 15.4. The number of phenolic OH excluding ortho intramolecular Hbond substituents is 1. The van der Waals surface area contributed by atoms with E-state index in [2.05, 4.69) is 27.8 Å². The number of likely N-dealkylation sites (tertiary alicyclic amines) is 1. The highest BCUT2D eigenvalue weighted by atomic mass is 32.1. The van der Waals surface area contributed by atoms with Gasteiger partial charge in [-0.25, -0.2) is 0 Å². The first kappa shape index (κ1) is 18.0. The molecule has 4 rings (SSSR count). The molecule has 2 aliphatic heterocycles. The fraction of sp³-hybridized carbons (Fsp3) is 0.524. The molecule has 0 bridgehead atoms. The minimum atomic E-state index is -0.0981.